The van der Waals surface area contributed by atoms with Crippen LogP contribution in [0.5, 0.6) is 0 Å². The molecule has 4 aliphatic rings. The normalized spacial score (nSPS) is 40.2. The third-order valence-electron chi connectivity index (χ3n) is 8.32. The summed E-state index contributed by atoms with van der Waals surface area (Å²) in [5.41, 5.74) is -1.10. The number of likely N-dealkylation sites (N-methyl/N-ethyl adjacent to an activating group) is 1. The van der Waals surface area contributed by atoms with Gasteiger partial charge in [0.1, 0.15) is 0 Å². The summed E-state index contributed by atoms with van der Waals surface area (Å²) in [6, 6.07) is 7.53. The molecule has 1 aromatic carbocycles. The first-order valence-electron chi connectivity index (χ1n) is 11.0. The number of hydrogen-bond donors (Lipinski definition) is 1. The zero-order valence-electron chi connectivity index (χ0n) is 18.5. The number of carbonyl (C=O) groups is 2. The summed E-state index contributed by atoms with van der Waals surface area (Å²) in [4.78, 5) is 30.1. The smallest absolute Gasteiger partial charge is 0.344 e. The fourth-order valence-corrected chi connectivity index (χ4v) is 7.53. The van der Waals surface area contributed by atoms with Gasteiger partial charge in [0.25, 0.3) is 0 Å². The average Bonchev–Trinajstić information content (AvgIpc) is 3.28. The van der Waals surface area contributed by atoms with Gasteiger partial charge in [0.05, 0.1) is 13.2 Å². The maximum absolute atomic E-state index is 13.4. The van der Waals surface area contributed by atoms with E-state index in [0.717, 1.165) is 30.8 Å². The lowest BCUT2D eigenvalue weighted by molar-refractivity contribution is -0.228. The molecule has 7 heteroatoms. The van der Waals surface area contributed by atoms with Crippen LogP contribution < -0.4 is 4.90 Å². The van der Waals surface area contributed by atoms with Crippen molar-refractivity contribution < 1.29 is 24.2 Å². The highest BCUT2D eigenvalue weighted by atomic mass is 16.6. The highest BCUT2D eigenvalue weighted by Crippen LogP contribution is 2.67. The molecular formula is C24H30N2O5. The van der Waals surface area contributed by atoms with E-state index in [9.17, 15) is 14.7 Å². The first kappa shape index (κ1) is 20.5. The number of benzene rings is 1. The van der Waals surface area contributed by atoms with Gasteiger partial charge in [-0.05, 0) is 31.0 Å². The van der Waals surface area contributed by atoms with Crippen LogP contribution in [-0.4, -0.2) is 73.0 Å². The minimum atomic E-state index is -2.03. The predicted octanol–water partition coefficient (Wildman–Crippen LogP) is 1.63. The van der Waals surface area contributed by atoms with Crippen molar-refractivity contribution in [3.63, 3.8) is 0 Å². The molecule has 7 nitrogen and oxygen atoms in total. The molecule has 31 heavy (non-hydrogen) atoms. The summed E-state index contributed by atoms with van der Waals surface area (Å²) < 4.78 is 11.1. The van der Waals surface area contributed by atoms with Crippen LogP contribution in [0.25, 0.3) is 0 Å². The molecule has 5 rings (SSSR count). The molecule has 0 bridgehead atoms. The first-order valence-corrected chi connectivity index (χ1v) is 11.0. The molecular weight excluding hydrogens is 396 g/mol. The van der Waals surface area contributed by atoms with Crippen LogP contribution >= 0.6 is 0 Å². The summed E-state index contributed by atoms with van der Waals surface area (Å²) in [6.07, 6.45) is 4.52. The summed E-state index contributed by atoms with van der Waals surface area (Å²) in [5, 5.41) is 12.4. The average molecular weight is 427 g/mol. The largest absolute Gasteiger partial charge is 0.467 e. The number of rotatable bonds is 3. The number of ether oxygens (including phenoxy) is 2. The summed E-state index contributed by atoms with van der Waals surface area (Å²) in [6.45, 7) is 5.02. The summed E-state index contributed by atoms with van der Waals surface area (Å²) in [7, 11) is 3.19. The molecule has 6 atom stereocenters. The van der Waals surface area contributed by atoms with Crippen LogP contribution in [0.2, 0.25) is 0 Å². The number of aliphatic hydroxyl groups is 1. The van der Waals surface area contributed by atoms with E-state index in [1.807, 2.05) is 37.1 Å². The maximum atomic E-state index is 13.4. The number of anilines is 1. The van der Waals surface area contributed by atoms with Crippen LogP contribution in [0.4, 0.5) is 5.69 Å². The van der Waals surface area contributed by atoms with Gasteiger partial charge in [0, 0.05) is 43.1 Å². The number of carbonyl (C=O) groups excluding carboxylic acids is 2. The van der Waals surface area contributed by atoms with Gasteiger partial charge in [0.15, 0.2) is 6.10 Å². The van der Waals surface area contributed by atoms with Crippen molar-refractivity contribution in [2.45, 2.75) is 55.9 Å². The quantitative estimate of drug-likeness (QED) is 0.581. The van der Waals surface area contributed by atoms with Crippen molar-refractivity contribution in [2.75, 3.05) is 32.1 Å². The molecule has 1 saturated heterocycles. The fraction of sp³-hybridized carbons (Fsp3) is 0.583. The second-order valence-electron chi connectivity index (χ2n) is 9.39. The molecule has 0 amide bonds. The Morgan fingerprint density at radius 2 is 2.00 bits per heavy atom. The highest BCUT2D eigenvalue weighted by molar-refractivity contribution is 5.86. The Morgan fingerprint density at radius 3 is 2.68 bits per heavy atom. The van der Waals surface area contributed by atoms with E-state index in [-0.39, 0.29) is 6.04 Å². The third kappa shape index (κ3) is 2.21. The zero-order chi connectivity index (χ0) is 22.2. The standard InChI is InChI=1S/C24H30N2O5/c1-5-22-11-8-13-26-14-12-23(18(22)26)16-9-6-7-10-17(16)25(3)19(23)24(29,21(28)30-4)20(22)31-15(2)27/h6-11,18-20,29H,5,12-14H2,1-4H3/t18-,19+,20-,22-,23+,24-/m1/s1. The fourth-order valence-electron chi connectivity index (χ4n) is 7.53. The third-order valence-corrected chi connectivity index (χ3v) is 8.32. The Kier molecular flexibility index (Phi) is 4.34. The van der Waals surface area contributed by atoms with Gasteiger partial charge in [-0.1, -0.05) is 37.3 Å². The van der Waals surface area contributed by atoms with Crippen molar-refractivity contribution in [2.24, 2.45) is 5.41 Å². The lowest BCUT2D eigenvalue weighted by atomic mass is 9.47. The highest BCUT2D eigenvalue weighted by Gasteiger charge is 2.80. The van der Waals surface area contributed by atoms with Gasteiger partial charge in [0.2, 0.25) is 5.60 Å². The lowest BCUT2D eigenvalue weighted by Gasteiger charge is -2.63. The molecule has 3 heterocycles. The molecule has 2 fully saturated rings. The van der Waals surface area contributed by atoms with Crippen molar-refractivity contribution in [3.8, 4) is 0 Å². The van der Waals surface area contributed by atoms with Crippen molar-refractivity contribution in [3.05, 3.63) is 42.0 Å². The van der Waals surface area contributed by atoms with Gasteiger partial charge in [-0.15, -0.1) is 0 Å². The van der Waals surface area contributed by atoms with E-state index in [4.69, 9.17) is 9.47 Å². The molecule has 1 saturated carbocycles. The number of hydrogen-bond acceptors (Lipinski definition) is 7. The molecule has 1 spiro atoms. The Bertz CT molecular complexity index is 978. The van der Waals surface area contributed by atoms with Gasteiger partial charge in [-0.3, -0.25) is 9.69 Å². The number of para-hydroxylation sites is 1. The van der Waals surface area contributed by atoms with Gasteiger partial charge < -0.3 is 19.5 Å². The van der Waals surface area contributed by atoms with E-state index in [2.05, 4.69) is 23.1 Å². The number of esters is 2. The van der Waals surface area contributed by atoms with E-state index >= 15 is 0 Å². The Labute approximate surface area is 182 Å². The van der Waals surface area contributed by atoms with Gasteiger partial charge in [-0.25, -0.2) is 4.79 Å². The molecule has 0 radical (unpaired) electrons. The Morgan fingerprint density at radius 1 is 1.26 bits per heavy atom. The maximum Gasteiger partial charge on any atom is 0.344 e. The second-order valence-corrected chi connectivity index (χ2v) is 9.39. The number of fused-ring (bicyclic) bond motifs is 1. The minimum absolute atomic E-state index is 0.0135. The molecule has 3 aliphatic heterocycles. The second kappa shape index (κ2) is 6.56. The monoisotopic (exact) mass is 426 g/mol. The van der Waals surface area contributed by atoms with Crippen molar-refractivity contribution in [1.82, 2.24) is 4.90 Å². The zero-order valence-corrected chi connectivity index (χ0v) is 18.5. The van der Waals surface area contributed by atoms with E-state index in [1.165, 1.54) is 14.0 Å². The van der Waals surface area contributed by atoms with Crippen LogP contribution in [0.1, 0.15) is 32.3 Å². The summed E-state index contributed by atoms with van der Waals surface area (Å²) >= 11 is 0. The van der Waals surface area contributed by atoms with E-state index in [0.29, 0.717) is 6.42 Å². The van der Waals surface area contributed by atoms with Crippen molar-refractivity contribution in [1.29, 1.82) is 0 Å². The topological polar surface area (TPSA) is 79.3 Å². The SMILES string of the molecule is CC[C@]12C=CCN3CC[C@]4(c5ccccc5N(C)[C@@H]4[C@](O)(C(=O)OC)[C@@H]1OC(C)=O)[C@H]32. The van der Waals surface area contributed by atoms with Gasteiger partial charge in [-0.2, -0.15) is 0 Å². The number of methoxy groups -OCH3 is 1. The summed E-state index contributed by atoms with van der Waals surface area (Å²) in [5.74, 6) is -1.28. The number of nitrogens with zero attached hydrogens (tertiary/aromatic N) is 2. The van der Waals surface area contributed by atoms with E-state index in [1.54, 1.807) is 0 Å². The first-order chi connectivity index (χ1) is 14.8. The predicted molar refractivity (Wildman–Crippen MR) is 115 cm³/mol. The minimum Gasteiger partial charge on any atom is -0.467 e. The molecule has 0 unspecified atom stereocenters. The van der Waals surface area contributed by atoms with Crippen molar-refractivity contribution >= 4 is 17.6 Å². The van der Waals surface area contributed by atoms with Crippen LogP contribution in [0.3, 0.4) is 0 Å². The molecule has 1 N–H and O–H groups in total. The van der Waals surface area contributed by atoms with Crippen LogP contribution in [0, 0.1) is 5.41 Å². The van der Waals surface area contributed by atoms with E-state index < -0.39 is 40.5 Å². The molecule has 166 valence electrons. The Hall–Kier alpha value is -2.38. The molecule has 0 aromatic heterocycles. The lowest BCUT2D eigenvalue weighted by Crippen LogP contribution is -2.81. The van der Waals surface area contributed by atoms with Crippen LogP contribution in [0.15, 0.2) is 36.4 Å². The molecule has 1 aromatic rings. The van der Waals surface area contributed by atoms with Gasteiger partial charge >= 0.3 is 11.9 Å². The Balaban J connectivity index is 1.87. The molecule has 1 aliphatic carbocycles. The van der Waals surface area contributed by atoms with Crippen LogP contribution in [-0.2, 0) is 24.5 Å².